The van der Waals surface area contributed by atoms with Gasteiger partial charge in [0.05, 0.1) is 50.4 Å². The molecule has 11 rings (SSSR count). The molecule has 0 bridgehead atoms. The minimum atomic E-state index is 0.868. The van der Waals surface area contributed by atoms with Gasteiger partial charge in [-0.15, -0.1) is 0 Å². The van der Waals surface area contributed by atoms with E-state index in [1.54, 1.807) is 0 Å². The van der Waals surface area contributed by atoms with Crippen LogP contribution in [0.1, 0.15) is 0 Å². The highest BCUT2D eigenvalue weighted by atomic mass is 14.8. The molecule has 0 unspecified atom stereocenters. The monoisotopic (exact) mass is 687 g/mol. The fourth-order valence-electron chi connectivity index (χ4n) is 7.73. The Labute approximate surface area is 310 Å². The number of benzene rings is 6. The number of aromatic nitrogens is 5. The summed E-state index contributed by atoms with van der Waals surface area (Å²) in [6, 6.07) is 59.2. The second-order valence-corrected chi connectivity index (χ2v) is 13.7. The first-order valence-corrected chi connectivity index (χ1v) is 18.1. The zero-order valence-corrected chi connectivity index (χ0v) is 29.0. The first-order chi connectivity index (χ1) is 26.7. The summed E-state index contributed by atoms with van der Waals surface area (Å²) in [5, 5.41) is 7.75. The van der Waals surface area contributed by atoms with Crippen molar-refractivity contribution in [2.45, 2.75) is 0 Å². The van der Waals surface area contributed by atoms with Gasteiger partial charge in [0.25, 0.3) is 0 Å². The smallest absolute Gasteiger partial charge is 0.0972 e. The van der Waals surface area contributed by atoms with Crippen molar-refractivity contribution in [3.8, 4) is 45.0 Å². The van der Waals surface area contributed by atoms with Crippen molar-refractivity contribution in [3.05, 3.63) is 176 Å². The predicted octanol–water partition coefficient (Wildman–Crippen LogP) is 12.2. The van der Waals surface area contributed by atoms with Gasteiger partial charge in [-0.1, -0.05) is 109 Å². The fraction of sp³-hybridized carbons (Fsp3) is 0. The molecule has 0 amide bonds. The number of hydrogen-bond acceptors (Lipinski definition) is 5. The van der Waals surface area contributed by atoms with Crippen molar-refractivity contribution >= 4 is 65.3 Å². The SMILES string of the molecule is c1ccc2nc(-c3ccc4cc(-c5ccc6nc(-c7ccc(-c8ccc9ccc%10cccnc%10c9n8)c8ccccc78)ccc6c5)ccc4n3)ccc2c1. The van der Waals surface area contributed by atoms with Crippen molar-refractivity contribution in [2.75, 3.05) is 0 Å². The van der Waals surface area contributed by atoms with Crippen LogP contribution >= 0.6 is 0 Å². The molecule has 54 heavy (non-hydrogen) atoms. The van der Waals surface area contributed by atoms with Gasteiger partial charge in [-0.25, -0.2) is 19.9 Å². The first kappa shape index (κ1) is 30.3. The molecule has 5 heterocycles. The number of nitrogens with zero attached hydrogens (tertiary/aromatic N) is 5. The number of fused-ring (bicyclic) bond motifs is 7. The zero-order valence-electron chi connectivity index (χ0n) is 29.0. The number of pyridine rings is 5. The molecule has 0 aliphatic heterocycles. The Hall–Kier alpha value is -7.37. The van der Waals surface area contributed by atoms with Crippen LogP contribution in [0.15, 0.2) is 176 Å². The Morgan fingerprint density at radius 3 is 1.46 bits per heavy atom. The van der Waals surface area contributed by atoms with Crippen LogP contribution in [0.2, 0.25) is 0 Å². The molecular weight excluding hydrogens is 659 g/mol. The Balaban J connectivity index is 0.925. The first-order valence-electron chi connectivity index (χ1n) is 18.1. The lowest BCUT2D eigenvalue weighted by Gasteiger charge is -2.13. The van der Waals surface area contributed by atoms with Crippen LogP contribution in [0.25, 0.3) is 110 Å². The molecule has 0 aliphatic carbocycles. The molecule has 0 fully saturated rings. The molecule has 0 aliphatic rings. The Morgan fingerprint density at radius 1 is 0.296 bits per heavy atom. The number of para-hydroxylation sites is 1. The van der Waals surface area contributed by atoms with Gasteiger partial charge in [0.15, 0.2) is 0 Å². The van der Waals surface area contributed by atoms with Crippen LogP contribution in [0.5, 0.6) is 0 Å². The topological polar surface area (TPSA) is 64.5 Å². The maximum atomic E-state index is 5.18. The number of hydrogen-bond donors (Lipinski definition) is 0. The van der Waals surface area contributed by atoms with Crippen LogP contribution in [0.4, 0.5) is 0 Å². The zero-order chi connectivity index (χ0) is 35.6. The highest BCUT2D eigenvalue weighted by molar-refractivity contribution is 6.07. The van der Waals surface area contributed by atoms with Crippen molar-refractivity contribution in [3.63, 3.8) is 0 Å². The summed E-state index contributed by atoms with van der Waals surface area (Å²) in [4.78, 5) is 24.8. The van der Waals surface area contributed by atoms with Crippen molar-refractivity contribution in [1.29, 1.82) is 0 Å². The van der Waals surface area contributed by atoms with E-state index in [1.807, 2.05) is 36.5 Å². The summed E-state index contributed by atoms with van der Waals surface area (Å²) in [5.74, 6) is 0. The van der Waals surface area contributed by atoms with Gasteiger partial charge >= 0.3 is 0 Å². The van der Waals surface area contributed by atoms with E-state index in [4.69, 9.17) is 19.9 Å². The predicted molar refractivity (Wildman–Crippen MR) is 222 cm³/mol. The normalized spacial score (nSPS) is 11.7. The Bertz CT molecular complexity index is 3300. The molecular formula is C49H29N5. The van der Waals surface area contributed by atoms with Gasteiger partial charge in [-0.3, -0.25) is 4.98 Å². The van der Waals surface area contributed by atoms with Crippen molar-refractivity contribution in [1.82, 2.24) is 24.9 Å². The van der Waals surface area contributed by atoms with Crippen LogP contribution in [-0.4, -0.2) is 24.9 Å². The lowest BCUT2D eigenvalue weighted by molar-refractivity contribution is 1.32. The highest BCUT2D eigenvalue weighted by Crippen LogP contribution is 2.37. The van der Waals surface area contributed by atoms with E-state index < -0.39 is 0 Å². The lowest BCUT2D eigenvalue weighted by Crippen LogP contribution is -1.92. The summed E-state index contributed by atoms with van der Waals surface area (Å²) in [6.07, 6.45) is 1.83. The van der Waals surface area contributed by atoms with E-state index in [0.717, 1.165) is 110 Å². The maximum absolute atomic E-state index is 5.18. The van der Waals surface area contributed by atoms with Crippen LogP contribution in [0.3, 0.4) is 0 Å². The summed E-state index contributed by atoms with van der Waals surface area (Å²) in [5.41, 5.74) is 12.8. The van der Waals surface area contributed by atoms with Crippen molar-refractivity contribution in [2.24, 2.45) is 0 Å². The van der Waals surface area contributed by atoms with Crippen molar-refractivity contribution < 1.29 is 0 Å². The van der Waals surface area contributed by atoms with Crippen LogP contribution < -0.4 is 0 Å². The standard InChI is InChI=1S/C49H29N5/c1-4-10-41-30(6-1)13-25-46(52-41)47-26-18-36-29-34(16-22-43(36)53-47)33-15-21-42-35(28-33)17-24-44(51-42)39-19-20-40(38-9-3-2-8-37(38)39)45-23-14-32-12-11-31-7-5-27-50-48(31)49(32)54-45/h1-29H. The highest BCUT2D eigenvalue weighted by Gasteiger charge is 2.14. The molecule has 0 radical (unpaired) electrons. The Kier molecular flexibility index (Phi) is 6.79. The molecule has 11 aromatic rings. The molecule has 5 nitrogen and oxygen atoms in total. The summed E-state index contributed by atoms with van der Waals surface area (Å²) < 4.78 is 0. The van der Waals surface area contributed by atoms with E-state index in [1.165, 1.54) is 0 Å². The molecule has 5 aromatic heterocycles. The summed E-state index contributed by atoms with van der Waals surface area (Å²) in [7, 11) is 0. The van der Waals surface area contributed by atoms with Gasteiger partial charge in [-0.05, 0) is 82.6 Å². The van der Waals surface area contributed by atoms with E-state index in [-0.39, 0.29) is 0 Å². The van der Waals surface area contributed by atoms with Crippen LogP contribution in [0, 0.1) is 0 Å². The number of rotatable bonds is 4. The molecule has 0 atom stereocenters. The van der Waals surface area contributed by atoms with Gasteiger partial charge < -0.3 is 0 Å². The van der Waals surface area contributed by atoms with E-state index in [2.05, 4.69) is 145 Å². The van der Waals surface area contributed by atoms with Gasteiger partial charge in [0.1, 0.15) is 0 Å². The fourth-order valence-corrected chi connectivity index (χ4v) is 7.73. The summed E-state index contributed by atoms with van der Waals surface area (Å²) in [6.45, 7) is 0. The van der Waals surface area contributed by atoms with E-state index >= 15 is 0 Å². The lowest BCUT2D eigenvalue weighted by atomic mass is 9.95. The maximum Gasteiger partial charge on any atom is 0.0972 e. The third kappa shape index (κ3) is 5.06. The third-order valence-electron chi connectivity index (χ3n) is 10.5. The van der Waals surface area contributed by atoms with Gasteiger partial charge in [0, 0.05) is 44.3 Å². The molecule has 0 saturated carbocycles. The molecule has 5 heteroatoms. The molecule has 0 spiro atoms. The molecule has 250 valence electrons. The summed E-state index contributed by atoms with van der Waals surface area (Å²) >= 11 is 0. The largest absolute Gasteiger partial charge is 0.254 e. The minimum absolute atomic E-state index is 0.868. The average molecular weight is 688 g/mol. The second kappa shape index (κ2) is 12.1. The van der Waals surface area contributed by atoms with E-state index in [0.29, 0.717) is 0 Å². The molecule has 6 aromatic carbocycles. The van der Waals surface area contributed by atoms with Gasteiger partial charge in [0.2, 0.25) is 0 Å². The molecule has 0 N–H and O–H groups in total. The van der Waals surface area contributed by atoms with Gasteiger partial charge in [-0.2, -0.15) is 0 Å². The molecule has 0 saturated heterocycles. The minimum Gasteiger partial charge on any atom is -0.254 e. The van der Waals surface area contributed by atoms with E-state index in [9.17, 15) is 0 Å². The Morgan fingerprint density at radius 2 is 0.778 bits per heavy atom. The third-order valence-corrected chi connectivity index (χ3v) is 10.5. The second-order valence-electron chi connectivity index (χ2n) is 13.7. The van der Waals surface area contributed by atoms with Crippen LogP contribution in [-0.2, 0) is 0 Å². The quantitative estimate of drug-likeness (QED) is 0.172. The average Bonchev–Trinajstić information content (AvgIpc) is 3.25.